The summed E-state index contributed by atoms with van der Waals surface area (Å²) in [5.41, 5.74) is 9.38. The summed E-state index contributed by atoms with van der Waals surface area (Å²) in [5.74, 6) is 0.835. The molecule has 0 bridgehead atoms. The van der Waals surface area contributed by atoms with Crippen molar-refractivity contribution in [3.05, 3.63) is 47.5 Å². The number of imidazole rings is 1. The SMILES string of the molecule is Cc1ccc(CCCc2nc(N)c3ncn(C4OC(CO)[C@@H](O)[C@H]4O)c3n2)cc1. The molecule has 1 aliphatic rings. The van der Waals surface area contributed by atoms with E-state index in [1.54, 1.807) is 0 Å². The van der Waals surface area contributed by atoms with Gasteiger partial charge in [0.25, 0.3) is 0 Å². The molecule has 0 saturated carbocycles. The predicted octanol–water partition coefficient (Wildman–Crippen LogP) is 0.504. The second-order valence-electron chi connectivity index (χ2n) is 7.42. The van der Waals surface area contributed by atoms with Crippen molar-refractivity contribution in [3.63, 3.8) is 0 Å². The smallest absolute Gasteiger partial charge is 0.167 e. The Hall–Kier alpha value is -2.59. The van der Waals surface area contributed by atoms with Gasteiger partial charge in [0, 0.05) is 6.42 Å². The highest BCUT2D eigenvalue weighted by molar-refractivity contribution is 5.81. The summed E-state index contributed by atoms with van der Waals surface area (Å²) in [4.78, 5) is 13.1. The van der Waals surface area contributed by atoms with Crippen molar-refractivity contribution in [3.8, 4) is 0 Å². The van der Waals surface area contributed by atoms with Gasteiger partial charge in [0.05, 0.1) is 12.9 Å². The molecule has 3 heterocycles. The first kappa shape index (κ1) is 19.7. The molecule has 0 radical (unpaired) electrons. The van der Waals surface area contributed by atoms with E-state index in [2.05, 4.69) is 46.1 Å². The van der Waals surface area contributed by atoms with Crippen LogP contribution in [0.4, 0.5) is 5.82 Å². The van der Waals surface area contributed by atoms with Crippen LogP contribution >= 0.6 is 0 Å². The topological polar surface area (TPSA) is 140 Å². The summed E-state index contributed by atoms with van der Waals surface area (Å²) in [6.45, 7) is 1.66. The van der Waals surface area contributed by atoms with E-state index in [0.717, 1.165) is 12.8 Å². The second kappa shape index (κ2) is 8.03. The Morgan fingerprint density at radius 2 is 1.86 bits per heavy atom. The van der Waals surface area contributed by atoms with E-state index in [4.69, 9.17) is 10.5 Å². The van der Waals surface area contributed by atoms with Crippen molar-refractivity contribution in [2.75, 3.05) is 12.3 Å². The molecule has 0 amide bonds. The summed E-state index contributed by atoms with van der Waals surface area (Å²) in [7, 11) is 0. The van der Waals surface area contributed by atoms with Gasteiger partial charge < -0.3 is 25.8 Å². The number of rotatable bonds is 6. The fraction of sp³-hybridized carbons (Fsp3) is 0.450. The monoisotopic (exact) mass is 399 g/mol. The first-order chi connectivity index (χ1) is 14.0. The minimum absolute atomic E-state index is 0.255. The van der Waals surface area contributed by atoms with Gasteiger partial charge in [-0.2, -0.15) is 0 Å². The zero-order valence-electron chi connectivity index (χ0n) is 16.1. The maximum atomic E-state index is 10.3. The van der Waals surface area contributed by atoms with Crippen LogP contribution in [0.1, 0.15) is 29.6 Å². The molecule has 9 heteroatoms. The number of aromatic nitrogens is 4. The van der Waals surface area contributed by atoms with E-state index in [1.165, 1.54) is 22.0 Å². The Bertz CT molecular complexity index is 990. The van der Waals surface area contributed by atoms with Crippen molar-refractivity contribution in [2.24, 2.45) is 0 Å². The van der Waals surface area contributed by atoms with Crippen LogP contribution in [0.2, 0.25) is 0 Å². The molecule has 9 nitrogen and oxygen atoms in total. The highest BCUT2D eigenvalue weighted by atomic mass is 16.6. The summed E-state index contributed by atoms with van der Waals surface area (Å²) in [6.07, 6.45) is -0.365. The van der Waals surface area contributed by atoms with Gasteiger partial charge in [0.1, 0.15) is 29.7 Å². The summed E-state index contributed by atoms with van der Waals surface area (Å²) >= 11 is 0. The zero-order valence-corrected chi connectivity index (χ0v) is 16.1. The maximum Gasteiger partial charge on any atom is 0.167 e. The normalized spacial score (nSPS) is 24.4. The highest BCUT2D eigenvalue weighted by Gasteiger charge is 2.44. The van der Waals surface area contributed by atoms with Gasteiger partial charge in [0.15, 0.2) is 17.7 Å². The summed E-state index contributed by atoms with van der Waals surface area (Å²) in [5, 5.41) is 29.6. The van der Waals surface area contributed by atoms with Crippen molar-refractivity contribution < 1.29 is 20.1 Å². The summed E-state index contributed by atoms with van der Waals surface area (Å²) < 4.78 is 7.12. The Kier molecular flexibility index (Phi) is 5.46. The van der Waals surface area contributed by atoms with Crippen molar-refractivity contribution >= 4 is 17.0 Å². The van der Waals surface area contributed by atoms with Crippen LogP contribution in [0.25, 0.3) is 11.2 Å². The molecule has 0 spiro atoms. The van der Waals surface area contributed by atoms with Crippen LogP contribution < -0.4 is 5.73 Å². The molecular formula is C20H25N5O4. The average molecular weight is 399 g/mol. The van der Waals surface area contributed by atoms with Gasteiger partial charge in [0.2, 0.25) is 0 Å². The van der Waals surface area contributed by atoms with E-state index >= 15 is 0 Å². The quantitative estimate of drug-likeness (QED) is 0.470. The number of benzene rings is 1. The lowest BCUT2D eigenvalue weighted by atomic mass is 10.1. The Labute approximate surface area is 167 Å². The minimum Gasteiger partial charge on any atom is -0.394 e. The number of fused-ring (bicyclic) bond motifs is 1. The Morgan fingerprint density at radius 1 is 1.10 bits per heavy atom. The molecule has 4 rings (SSSR count). The molecule has 2 aromatic heterocycles. The molecule has 2 unspecified atom stereocenters. The number of anilines is 1. The molecule has 3 aromatic rings. The highest BCUT2D eigenvalue weighted by Crippen LogP contribution is 2.32. The fourth-order valence-corrected chi connectivity index (χ4v) is 3.60. The van der Waals surface area contributed by atoms with Crippen molar-refractivity contribution in [1.82, 2.24) is 19.5 Å². The second-order valence-corrected chi connectivity index (χ2v) is 7.42. The number of hydrogen-bond donors (Lipinski definition) is 4. The molecule has 29 heavy (non-hydrogen) atoms. The number of nitrogens with two attached hydrogens (primary N) is 1. The van der Waals surface area contributed by atoms with Gasteiger partial charge in [-0.3, -0.25) is 4.57 Å². The number of ether oxygens (including phenoxy) is 1. The van der Waals surface area contributed by atoms with Crippen molar-refractivity contribution in [1.29, 1.82) is 0 Å². The van der Waals surface area contributed by atoms with Gasteiger partial charge >= 0.3 is 0 Å². The molecule has 1 saturated heterocycles. The van der Waals surface area contributed by atoms with E-state index in [0.29, 0.717) is 23.4 Å². The summed E-state index contributed by atoms with van der Waals surface area (Å²) in [6, 6.07) is 8.42. The molecule has 0 aliphatic carbocycles. The number of aliphatic hydroxyl groups is 3. The van der Waals surface area contributed by atoms with Crippen LogP contribution in [0.15, 0.2) is 30.6 Å². The van der Waals surface area contributed by atoms with Gasteiger partial charge in [-0.25, -0.2) is 15.0 Å². The standard InChI is InChI=1S/C20H25N5O4/c1-11-5-7-12(8-6-11)3-2-4-14-23-18(21)15-19(24-14)25(10-22-15)20-17(28)16(27)13(9-26)29-20/h5-8,10,13,16-17,20,26-28H,2-4,9H2,1H3,(H2,21,23,24)/t13?,16-,17-,20?/m1/s1. The largest absolute Gasteiger partial charge is 0.394 e. The molecule has 1 aromatic carbocycles. The Morgan fingerprint density at radius 3 is 2.55 bits per heavy atom. The number of nitrogen functional groups attached to an aromatic ring is 1. The Balaban J connectivity index is 1.54. The third kappa shape index (κ3) is 3.82. The van der Waals surface area contributed by atoms with Crippen LogP contribution in [-0.2, 0) is 17.6 Å². The number of hydrogen-bond acceptors (Lipinski definition) is 8. The van der Waals surface area contributed by atoms with Crippen LogP contribution in [0.3, 0.4) is 0 Å². The maximum absolute atomic E-state index is 10.3. The van der Waals surface area contributed by atoms with E-state index in [9.17, 15) is 15.3 Å². The lowest BCUT2D eigenvalue weighted by molar-refractivity contribution is -0.0511. The third-order valence-corrected chi connectivity index (χ3v) is 5.27. The van der Waals surface area contributed by atoms with Crippen molar-refractivity contribution in [2.45, 2.75) is 50.7 Å². The van der Waals surface area contributed by atoms with Gasteiger partial charge in [-0.15, -0.1) is 0 Å². The molecular weight excluding hydrogens is 374 g/mol. The molecule has 5 N–H and O–H groups in total. The number of nitrogens with zero attached hydrogens (tertiary/aromatic N) is 4. The van der Waals surface area contributed by atoms with E-state index in [-0.39, 0.29) is 5.82 Å². The predicted molar refractivity (Wildman–Crippen MR) is 106 cm³/mol. The van der Waals surface area contributed by atoms with Crippen LogP contribution in [0, 0.1) is 6.92 Å². The first-order valence-corrected chi connectivity index (χ1v) is 9.65. The molecule has 1 fully saturated rings. The van der Waals surface area contributed by atoms with Gasteiger partial charge in [-0.1, -0.05) is 29.8 Å². The van der Waals surface area contributed by atoms with E-state index < -0.39 is 31.1 Å². The molecule has 4 atom stereocenters. The van der Waals surface area contributed by atoms with Gasteiger partial charge in [-0.05, 0) is 25.3 Å². The lowest BCUT2D eigenvalue weighted by Crippen LogP contribution is -2.33. The lowest BCUT2D eigenvalue weighted by Gasteiger charge is -2.16. The van der Waals surface area contributed by atoms with Crippen LogP contribution in [0.5, 0.6) is 0 Å². The molecule has 154 valence electrons. The number of aryl methyl sites for hydroxylation is 3. The molecule has 1 aliphatic heterocycles. The first-order valence-electron chi connectivity index (χ1n) is 9.65. The third-order valence-electron chi connectivity index (χ3n) is 5.27. The zero-order chi connectivity index (χ0) is 20.5. The average Bonchev–Trinajstić information content (AvgIpc) is 3.25. The minimum atomic E-state index is -1.22. The van der Waals surface area contributed by atoms with Crippen LogP contribution in [-0.4, -0.2) is 59.8 Å². The fourth-order valence-electron chi connectivity index (χ4n) is 3.60. The van der Waals surface area contributed by atoms with E-state index in [1.807, 2.05) is 0 Å². The number of aliphatic hydroxyl groups excluding tert-OH is 3.